The molecule has 0 unspecified atom stereocenters. The molecular formula is C9H12N2O. The Balaban J connectivity index is 2.45. The fourth-order valence-corrected chi connectivity index (χ4v) is 1.22. The zero-order valence-corrected chi connectivity index (χ0v) is 6.99. The molecule has 12 heavy (non-hydrogen) atoms. The first-order chi connectivity index (χ1) is 5.84. The predicted molar refractivity (Wildman–Crippen MR) is 45.2 cm³/mol. The van der Waals surface area contributed by atoms with Gasteiger partial charge in [-0.05, 0) is 12.8 Å². The molecule has 0 aromatic carbocycles. The highest BCUT2D eigenvalue weighted by molar-refractivity contribution is 5.78. The Morgan fingerprint density at radius 2 is 2.42 bits per heavy atom. The molecule has 0 aliphatic carbocycles. The van der Waals surface area contributed by atoms with Gasteiger partial charge in [0.25, 0.3) is 0 Å². The van der Waals surface area contributed by atoms with Crippen LogP contribution in [0.2, 0.25) is 0 Å². The van der Waals surface area contributed by atoms with E-state index < -0.39 is 0 Å². The number of allylic oxidation sites excluding steroid dienone is 1. The Labute approximate surface area is 72.3 Å². The van der Waals surface area contributed by atoms with Crippen molar-refractivity contribution in [2.45, 2.75) is 19.3 Å². The molecule has 3 heteroatoms. The Bertz CT molecular complexity index is 227. The van der Waals surface area contributed by atoms with E-state index in [1.54, 1.807) is 4.90 Å². The maximum atomic E-state index is 11.2. The molecule has 0 aromatic rings. The first-order valence-electron chi connectivity index (χ1n) is 4.14. The molecule has 0 atom stereocenters. The topological polar surface area (TPSA) is 44.1 Å². The van der Waals surface area contributed by atoms with Gasteiger partial charge >= 0.3 is 0 Å². The van der Waals surface area contributed by atoms with Gasteiger partial charge in [0.15, 0.2) is 0 Å². The minimum absolute atomic E-state index is 0.00778. The summed E-state index contributed by atoms with van der Waals surface area (Å²) in [7, 11) is 0. The highest BCUT2D eigenvalue weighted by atomic mass is 16.2. The van der Waals surface area contributed by atoms with Crippen molar-refractivity contribution in [1.82, 2.24) is 4.90 Å². The molecule has 0 saturated heterocycles. The van der Waals surface area contributed by atoms with Gasteiger partial charge in [0, 0.05) is 13.1 Å². The van der Waals surface area contributed by atoms with Crippen molar-refractivity contribution in [3.05, 3.63) is 12.2 Å². The summed E-state index contributed by atoms with van der Waals surface area (Å²) in [6.07, 6.45) is 6.12. The summed E-state index contributed by atoms with van der Waals surface area (Å²) in [5.41, 5.74) is 0. The van der Waals surface area contributed by atoms with E-state index in [1.807, 2.05) is 12.1 Å². The molecule has 1 aliphatic heterocycles. The average Bonchev–Trinajstić information content (AvgIpc) is 2.32. The van der Waals surface area contributed by atoms with E-state index in [0.29, 0.717) is 6.54 Å². The van der Waals surface area contributed by atoms with E-state index in [4.69, 9.17) is 5.26 Å². The summed E-state index contributed by atoms with van der Waals surface area (Å²) in [6, 6.07) is 1.87. The van der Waals surface area contributed by atoms with Crippen LogP contribution in [0.3, 0.4) is 0 Å². The lowest BCUT2D eigenvalue weighted by molar-refractivity contribution is -0.129. The molecule has 0 aromatic heterocycles. The quantitative estimate of drug-likeness (QED) is 0.544. The highest BCUT2D eigenvalue weighted by Gasteiger charge is 2.11. The van der Waals surface area contributed by atoms with Crippen LogP contribution in [0.25, 0.3) is 0 Å². The molecule has 0 N–H and O–H groups in total. The lowest BCUT2D eigenvalue weighted by Gasteiger charge is -2.17. The largest absolute Gasteiger partial charge is 0.338 e. The van der Waals surface area contributed by atoms with Crippen molar-refractivity contribution >= 4 is 5.91 Å². The molecule has 1 aliphatic rings. The summed E-state index contributed by atoms with van der Waals surface area (Å²) in [5.74, 6) is -0.0518. The highest BCUT2D eigenvalue weighted by Crippen LogP contribution is 2.04. The van der Waals surface area contributed by atoms with Crippen molar-refractivity contribution in [2.75, 3.05) is 13.1 Å². The first-order valence-corrected chi connectivity index (χ1v) is 4.14. The summed E-state index contributed by atoms with van der Waals surface area (Å²) < 4.78 is 0. The number of hydrogen-bond donors (Lipinski definition) is 0. The number of nitrogens with zero attached hydrogens (tertiary/aromatic N) is 2. The van der Waals surface area contributed by atoms with E-state index in [9.17, 15) is 4.79 Å². The van der Waals surface area contributed by atoms with Gasteiger partial charge in [0.1, 0.15) is 6.42 Å². The lowest BCUT2D eigenvalue weighted by Crippen LogP contribution is -2.30. The Kier molecular flexibility index (Phi) is 3.34. The van der Waals surface area contributed by atoms with Gasteiger partial charge in [-0.2, -0.15) is 5.26 Å². The van der Waals surface area contributed by atoms with Crippen molar-refractivity contribution in [3.63, 3.8) is 0 Å². The molecule has 1 heterocycles. The number of hydrogen-bond acceptors (Lipinski definition) is 2. The van der Waals surface area contributed by atoms with E-state index in [0.717, 1.165) is 19.4 Å². The monoisotopic (exact) mass is 164 g/mol. The van der Waals surface area contributed by atoms with Crippen LogP contribution in [0.1, 0.15) is 19.3 Å². The van der Waals surface area contributed by atoms with Crippen LogP contribution in [0, 0.1) is 11.3 Å². The Morgan fingerprint density at radius 3 is 3.17 bits per heavy atom. The van der Waals surface area contributed by atoms with Crippen LogP contribution in [0.5, 0.6) is 0 Å². The van der Waals surface area contributed by atoms with Crippen molar-refractivity contribution in [1.29, 1.82) is 5.26 Å². The van der Waals surface area contributed by atoms with Crippen molar-refractivity contribution in [2.24, 2.45) is 0 Å². The first kappa shape index (κ1) is 8.79. The maximum absolute atomic E-state index is 11.2. The third-order valence-corrected chi connectivity index (χ3v) is 1.87. The molecule has 0 radical (unpaired) electrons. The minimum Gasteiger partial charge on any atom is -0.338 e. The molecule has 0 spiro atoms. The maximum Gasteiger partial charge on any atom is 0.237 e. The molecule has 3 nitrogen and oxygen atoms in total. The van der Waals surface area contributed by atoms with Crippen LogP contribution in [-0.4, -0.2) is 23.9 Å². The van der Waals surface area contributed by atoms with E-state index >= 15 is 0 Å². The molecule has 0 saturated carbocycles. The zero-order chi connectivity index (χ0) is 8.81. The number of amides is 1. The van der Waals surface area contributed by atoms with E-state index in [-0.39, 0.29) is 12.3 Å². The summed E-state index contributed by atoms with van der Waals surface area (Å²) >= 11 is 0. The summed E-state index contributed by atoms with van der Waals surface area (Å²) in [4.78, 5) is 12.9. The second-order valence-electron chi connectivity index (χ2n) is 2.79. The van der Waals surface area contributed by atoms with Gasteiger partial charge in [-0.15, -0.1) is 0 Å². The normalized spacial score (nSPS) is 16.8. The second-order valence-corrected chi connectivity index (χ2v) is 2.79. The van der Waals surface area contributed by atoms with Crippen LogP contribution >= 0.6 is 0 Å². The third kappa shape index (κ3) is 2.39. The number of rotatable bonds is 1. The molecular weight excluding hydrogens is 152 g/mol. The number of carbonyl (C=O) groups is 1. The van der Waals surface area contributed by atoms with Gasteiger partial charge < -0.3 is 4.90 Å². The van der Waals surface area contributed by atoms with Crippen LogP contribution in [0.4, 0.5) is 0 Å². The number of nitriles is 1. The van der Waals surface area contributed by atoms with Gasteiger partial charge in [-0.1, -0.05) is 12.2 Å². The standard InChI is InChI=1S/C9H12N2O/c10-6-5-9(12)11-7-3-1-2-4-8-11/h1,3H,2,4-5,7-8H2. The fraction of sp³-hybridized carbons (Fsp3) is 0.556. The van der Waals surface area contributed by atoms with Crippen LogP contribution in [-0.2, 0) is 4.79 Å². The van der Waals surface area contributed by atoms with Gasteiger partial charge in [-0.25, -0.2) is 0 Å². The number of carbonyl (C=O) groups excluding carboxylic acids is 1. The van der Waals surface area contributed by atoms with E-state index in [2.05, 4.69) is 6.08 Å². The zero-order valence-electron chi connectivity index (χ0n) is 6.99. The van der Waals surface area contributed by atoms with Gasteiger partial charge in [0.2, 0.25) is 5.91 Å². The van der Waals surface area contributed by atoms with Crippen LogP contribution in [0.15, 0.2) is 12.2 Å². The molecule has 1 rings (SSSR count). The molecule has 0 fully saturated rings. The summed E-state index contributed by atoms with van der Waals surface area (Å²) in [5, 5.41) is 8.32. The Hall–Kier alpha value is -1.30. The second kappa shape index (κ2) is 4.55. The SMILES string of the molecule is N#CCC(=O)N1CC=CCCC1. The van der Waals surface area contributed by atoms with E-state index in [1.165, 1.54) is 0 Å². The van der Waals surface area contributed by atoms with Crippen molar-refractivity contribution < 1.29 is 4.79 Å². The van der Waals surface area contributed by atoms with Crippen molar-refractivity contribution in [3.8, 4) is 6.07 Å². The van der Waals surface area contributed by atoms with Gasteiger partial charge in [0.05, 0.1) is 6.07 Å². The third-order valence-electron chi connectivity index (χ3n) is 1.87. The smallest absolute Gasteiger partial charge is 0.237 e. The average molecular weight is 164 g/mol. The Morgan fingerprint density at radius 1 is 1.58 bits per heavy atom. The minimum atomic E-state index is -0.0518. The van der Waals surface area contributed by atoms with Gasteiger partial charge in [-0.3, -0.25) is 4.79 Å². The van der Waals surface area contributed by atoms with Crippen LogP contribution < -0.4 is 0 Å². The fourth-order valence-electron chi connectivity index (χ4n) is 1.22. The lowest BCUT2D eigenvalue weighted by atomic mass is 10.3. The summed E-state index contributed by atoms with van der Waals surface area (Å²) in [6.45, 7) is 1.45. The molecule has 1 amide bonds. The molecule has 0 bridgehead atoms. The predicted octanol–water partition coefficient (Wildman–Crippen LogP) is 1.08. The molecule has 64 valence electrons.